The van der Waals surface area contributed by atoms with E-state index in [9.17, 15) is 4.79 Å². The van der Waals surface area contributed by atoms with Crippen molar-refractivity contribution in [2.45, 2.75) is 27.2 Å². The van der Waals surface area contributed by atoms with Gasteiger partial charge in [-0.15, -0.1) is 0 Å². The first-order valence-corrected chi connectivity index (χ1v) is 4.71. The second-order valence-electron chi connectivity index (χ2n) is 3.23. The average molecular weight is 193 g/mol. The molecule has 0 spiro atoms. The standard InChI is InChI=1S/C11H15NO2/c1-4-14-11(13)6-10-5-8(2)9(3)12-7-10/h5,7H,4,6H2,1-3H3. The summed E-state index contributed by atoms with van der Waals surface area (Å²) >= 11 is 0. The lowest BCUT2D eigenvalue weighted by molar-refractivity contribution is -0.142. The zero-order valence-corrected chi connectivity index (χ0v) is 8.83. The summed E-state index contributed by atoms with van der Waals surface area (Å²) in [7, 11) is 0. The van der Waals surface area contributed by atoms with Crippen LogP contribution in [-0.2, 0) is 16.0 Å². The summed E-state index contributed by atoms with van der Waals surface area (Å²) in [6, 6.07) is 1.97. The molecule has 0 aliphatic carbocycles. The normalized spacial score (nSPS) is 9.93. The van der Waals surface area contributed by atoms with Crippen molar-refractivity contribution in [3.8, 4) is 0 Å². The van der Waals surface area contributed by atoms with Crippen LogP contribution in [0.5, 0.6) is 0 Å². The summed E-state index contributed by atoms with van der Waals surface area (Å²) < 4.78 is 4.85. The Labute approximate surface area is 84.1 Å². The van der Waals surface area contributed by atoms with E-state index in [0.29, 0.717) is 13.0 Å². The Morgan fingerprint density at radius 1 is 1.50 bits per heavy atom. The van der Waals surface area contributed by atoms with Gasteiger partial charge in [0.1, 0.15) is 0 Å². The number of hydrogen-bond acceptors (Lipinski definition) is 3. The van der Waals surface area contributed by atoms with Gasteiger partial charge in [0.25, 0.3) is 0 Å². The van der Waals surface area contributed by atoms with Gasteiger partial charge < -0.3 is 4.74 Å². The van der Waals surface area contributed by atoms with Gasteiger partial charge in [0, 0.05) is 11.9 Å². The second-order valence-corrected chi connectivity index (χ2v) is 3.23. The van der Waals surface area contributed by atoms with Gasteiger partial charge in [0.05, 0.1) is 13.0 Å². The number of rotatable bonds is 3. The molecule has 0 fully saturated rings. The first kappa shape index (κ1) is 10.7. The quantitative estimate of drug-likeness (QED) is 0.687. The zero-order valence-electron chi connectivity index (χ0n) is 8.83. The van der Waals surface area contributed by atoms with Crippen LogP contribution in [0, 0.1) is 13.8 Å². The molecule has 0 unspecified atom stereocenters. The van der Waals surface area contributed by atoms with Crippen LogP contribution in [0.2, 0.25) is 0 Å². The van der Waals surface area contributed by atoms with E-state index in [-0.39, 0.29) is 5.97 Å². The van der Waals surface area contributed by atoms with Crippen molar-refractivity contribution >= 4 is 5.97 Å². The molecule has 1 heterocycles. The van der Waals surface area contributed by atoms with Gasteiger partial charge in [0.2, 0.25) is 0 Å². The number of carbonyl (C=O) groups is 1. The largest absolute Gasteiger partial charge is 0.466 e. The summed E-state index contributed by atoms with van der Waals surface area (Å²) in [5, 5.41) is 0. The molecule has 76 valence electrons. The van der Waals surface area contributed by atoms with E-state index in [1.165, 1.54) is 0 Å². The molecule has 0 saturated carbocycles. The fourth-order valence-electron chi connectivity index (χ4n) is 1.18. The molecule has 3 nitrogen and oxygen atoms in total. The van der Waals surface area contributed by atoms with Crippen LogP contribution in [0.3, 0.4) is 0 Å². The molecule has 0 amide bonds. The van der Waals surface area contributed by atoms with Gasteiger partial charge in [0.15, 0.2) is 0 Å². The molecule has 0 N–H and O–H groups in total. The lowest BCUT2D eigenvalue weighted by atomic mass is 10.1. The minimum Gasteiger partial charge on any atom is -0.466 e. The monoisotopic (exact) mass is 193 g/mol. The van der Waals surface area contributed by atoms with Crippen molar-refractivity contribution in [1.82, 2.24) is 4.98 Å². The average Bonchev–Trinajstić information content (AvgIpc) is 2.12. The molecular formula is C11H15NO2. The number of hydrogen-bond donors (Lipinski definition) is 0. The van der Waals surface area contributed by atoms with E-state index in [2.05, 4.69) is 4.98 Å². The molecule has 14 heavy (non-hydrogen) atoms. The molecule has 0 aliphatic rings. The third-order valence-electron chi connectivity index (χ3n) is 2.05. The Morgan fingerprint density at radius 3 is 2.79 bits per heavy atom. The zero-order chi connectivity index (χ0) is 10.6. The Kier molecular flexibility index (Phi) is 3.63. The molecule has 1 aromatic heterocycles. The summed E-state index contributed by atoms with van der Waals surface area (Å²) in [5.74, 6) is -0.197. The van der Waals surface area contributed by atoms with E-state index in [0.717, 1.165) is 16.8 Å². The first-order chi connectivity index (χ1) is 6.63. The van der Waals surface area contributed by atoms with Crippen molar-refractivity contribution < 1.29 is 9.53 Å². The molecule has 0 atom stereocenters. The highest BCUT2D eigenvalue weighted by molar-refractivity contribution is 5.72. The number of aromatic nitrogens is 1. The van der Waals surface area contributed by atoms with E-state index < -0.39 is 0 Å². The number of pyridine rings is 1. The van der Waals surface area contributed by atoms with Crippen LogP contribution in [-0.4, -0.2) is 17.6 Å². The Hall–Kier alpha value is -1.38. The van der Waals surface area contributed by atoms with Crippen LogP contribution >= 0.6 is 0 Å². The maximum atomic E-state index is 11.2. The number of carbonyl (C=O) groups excluding carboxylic acids is 1. The van der Waals surface area contributed by atoms with Crippen LogP contribution in [0.15, 0.2) is 12.3 Å². The predicted molar refractivity (Wildman–Crippen MR) is 54.0 cm³/mol. The molecule has 3 heteroatoms. The van der Waals surface area contributed by atoms with Crippen LogP contribution in [0.1, 0.15) is 23.7 Å². The topological polar surface area (TPSA) is 39.2 Å². The minimum absolute atomic E-state index is 0.197. The smallest absolute Gasteiger partial charge is 0.310 e. The van der Waals surface area contributed by atoms with Crippen LogP contribution in [0.25, 0.3) is 0 Å². The number of nitrogens with zero attached hydrogens (tertiary/aromatic N) is 1. The summed E-state index contributed by atoms with van der Waals surface area (Å²) in [5.41, 5.74) is 3.01. The third kappa shape index (κ3) is 2.83. The number of aryl methyl sites for hydroxylation is 2. The Balaban J connectivity index is 2.68. The number of esters is 1. The maximum absolute atomic E-state index is 11.2. The van der Waals surface area contributed by atoms with Crippen molar-refractivity contribution in [3.63, 3.8) is 0 Å². The fraction of sp³-hybridized carbons (Fsp3) is 0.455. The second kappa shape index (κ2) is 4.74. The van der Waals surface area contributed by atoms with Gasteiger partial charge >= 0.3 is 5.97 Å². The maximum Gasteiger partial charge on any atom is 0.310 e. The van der Waals surface area contributed by atoms with E-state index in [4.69, 9.17) is 4.74 Å². The number of ether oxygens (including phenoxy) is 1. The highest BCUT2D eigenvalue weighted by Gasteiger charge is 2.05. The lowest BCUT2D eigenvalue weighted by Crippen LogP contribution is -2.08. The molecule has 0 saturated heterocycles. The van der Waals surface area contributed by atoms with Crippen LogP contribution < -0.4 is 0 Å². The Morgan fingerprint density at radius 2 is 2.21 bits per heavy atom. The van der Waals surface area contributed by atoms with Crippen molar-refractivity contribution in [2.24, 2.45) is 0 Å². The van der Waals surface area contributed by atoms with Gasteiger partial charge in [-0.3, -0.25) is 9.78 Å². The summed E-state index contributed by atoms with van der Waals surface area (Å²) in [6.07, 6.45) is 2.03. The summed E-state index contributed by atoms with van der Waals surface area (Å²) in [6.45, 7) is 6.16. The predicted octanol–water partition coefficient (Wildman–Crippen LogP) is 1.80. The highest BCUT2D eigenvalue weighted by Crippen LogP contribution is 2.07. The molecular weight excluding hydrogens is 178 g/mol. The molecule has 0 bridgehead atoms. The van der Waals surface area contributed by atoms with Gasteiger partial charge in [-0.05, 0) is 31.9 Å². The van der Waals surface area contributed by atoms with Crippen LogP contribution in [0.4, 0.5) is 0 Å². The molecule has 0 aliphatic heterocycles. The SMILES string of the molecule is CCOC(=O)Cc1cnc(C)c(C)c1. The van der Waals surface area contributed by atoms with E-state index in [1.807, 2.05) is 19.9 Å². The van der Waals surface area contributed by atoms with Gasteiger partial charge in [-0.2, -0.15) is 0 Å². The van der Waals surface area contributed by atoms with Gasteiger partial charge in [-0.1, -0.05) is 6.07 Å². The van der Waals surface area contributed by atoms with Gasteiger partial charge in [-0.25, -0.2) is 0 Å². The molecule has 1 rings (SSSR count). The van der Waals surface area contributed by atoms with E-state index in [1.54, 1.807) is 13.1 Å². The van der Waals surface area contributed by atoms with Crippen molar-refractivity contribution in [3.05, 3.63) is 29.1 Å². The van der Waals surface area contributed by atoms with Crippen molar-refractivity contribution in [2.75, 3.05) is 6.61 Å². The fourth-order valence-corrected chi connectivity index (χ4v) is 1.18. The van der Waals surface area contributed by atoms with E-state index >= 15 is 0 Å². The minimum atomic E-state index is -0.197. The molecule has 0 aromatic carbocycles. The Bertz CT molecular complexity index is 334. The lowest BCUT2D eigenvalue weighted by Gasteiger charge is -2.04. The third-order valence-corrected chi connectivity index (χ3v) is 2.05. The molecule has 1 aromatic rings. The first-order valence-electron chi connectivity index (χ1n) is 4.71. The molecule has 0 radical (unpaired) electrons. The highest BCUT2D eigenvalue weighted by atomic mass is 16.5. The van der Waals surface area contributed by atoms with Crippen molar-refractivity contribution in [1.29, 1.82) is 0 Å². The summed E-state index contributed by atoms with van der Waals surface area (Å²) in [4.78, 5) is 15.3.